The number of hydrogen-bond donors (Lipinski definition) is 1. The molecule has 0 heterocycles. The Kier molecular flexibility index (Phi) is 4.85. The average molecular weight is 295 g/mol. The maximum absolute atomic E-state index is 13.6. The zero-order valence-electron chi connectivity index (χ0n) is 11.6. The topological polar surface area (TPSA) is 35.2 Å². The van der Waals surface area contributed by atoms with Gasteiger partial charge in [-0.15, -0.1) is 0 Å². The van der Waals surface area contributed by atoms with E-state index in [4.69, 9.17) is 10.5 Å². The number of benzene rings is 2. The van der Waals surface area contributed by atoms with Gasteiger partial charge in [-0.3, -0.25) is 0 Å². The molecule has 0 bridgehead atoms. The van der Waals surface area contributed by atoms with Gasteiger partial charge in [-0.25, -0.2) is 13.2 Å². The highest BCUT2D eigenvalue weighted by Crippen LogP contribution is 2.19. The first-order chi connectivity index (χ1) is 9.99. The number of halogens is 3. The van der Waals surface area contributed by atoms with Crippen molar-refractivity contribution in [3.8, 4) is 5.75 Å². The average Bonchev–Trinajstić information content (AvgIpc) is 2.43. The van der Waals surface area contributed by atoms with Crippen LogP contribution in [-0.4, -0.2) is 13.2 Å². The molecule has 0 radical (unpaired) electrons. The molecular weight excluding hydrogens is 279 g/mol. The van der Waals surface area contributed by atoms with E-state index in [9.17, 15) is 13.2 Å². The van der Waals surface area contributed by atoms with E-state index in [-0.39, 0.29) is 11.8 Å². The van der Waals surface area contributed by atoms with Crippen molar-refractivity contribution >= 4 is 0 Å². The predicted octanol–water partition coefficient (Wildman–Crippen LogP) is 3.23. The van der Waals surface area contributed by atoms with E-state index in [1.165, 1.54) is 25.3 Å². The minimum absolute atomic E-state index is 0.174. The monoisotopic (exact) mass is 295 g/mol. The molecule has 2 aromatic carbocycles. The van der Waals surface area contributed by atoms with Crippen LogP contribution in [0.15, 0.2) is 36.4 Å². The first kappa shape index (κ1) is 15.4. The molecular formula is C16H16F3NO. The molecule has 0 fully saturated rings. The lowest BCUT2D eigenvalue weighted by atomic mass is 9.99. The van der Waals surface area contributed by atoms with Crippen molar-refractivity contribution < 1.29 is 17.9 Å². The molecule has 0 spiro atoms. The molecule has 0 aromatic heterocycles. The Morgan fingerprint density at radius 2 is 1.48 bits per heavy atom. The van der Waals surface area contributed by atoms with Crippen molar-refractivity contribution in [2.75, 3.05) is 7.11 Å². The van der Waals surface area contributed by atoms with E-state index in [0.29, 0.717) is 18.4 Å². The van der Waals surface area contributed by atoms with Gasteiger partial charge in [-0.2, -0.15) is 0 Å². The summed E-state index contributed by atoms with van der Waals surface area (Å²) in [4.78, 5) is 0. The van der Waals surface area contributed by atoms with Crippen molar-refractivity contribution in [1.82, 2.24) is 0 Å². The lowest BCUT2D eigenvalue weighted by Crippen LogP contribution is -2.25. The molecule has 0 aliphatic rings. The minimum atomic E-state index is -0.893. The second-order valence-electron chi connectivity index (χ2n) is 4.89. The summed E-state index contributed by atoms with van der Waals surface area (Å²) in [6.07, 6.45) is 0.810. The Balaban J connectivity index is 2.02. The summed E-state index contributed by atoms with van der Waals surface area (Å²) in [6.45, 7) is 0. The summed E-state index contributed by atoms with van der Waals surface area (Å²) in [5.74, 6) is -2.05. The number of nitrogens with two attached hydrogens (primary N) is 1. The summed E-state index contributed by atoms with van der Waals surface area (Å²) in [5, 5.41) is 0. The largest absolute Gasteiger partial charge is 0.494 e. The van der Waals surface area contributed by atoms with Crippen molar-refractivity contribution in [2.24, 2.45) is 5.73 Å². The number of methoxy groups -OCH3 is 1. The Bertz CT molecular complexity index is 631. The Morgan fingerprint density at radius 1 is 0.905 bits per heavy atom. The molecule has 2 N–H and O–H groups in total. The summed E-state index contributed by atoms with van der Waals surface area (Å²) < 4.78 is 44.4. The van der Waals surface area contributed by atoms with Crippen LogP contribution >= 0.6 is 0 Å². The van der Waals surface area contributed by atoms with Crippen molar-refractivity contribution in [3.05, 3.63) is 65.0 Å². The molecule has 2 aromatic rings. The van der Waals surface area contributed by atoms with Gasteiger partial charge >= 0.3 is 0 Å². The van der Waals surface area contributed by atoms with Crippen LogP contribution in [0.4, 0.5) is 13.2 Å². The van der Waals surface area contributed by atoms with Crippen LogP contribution in [0.2, 0.25) is 0 Å². The molecule has 112 valence electrons. The molecule has 21 heavy (non-hydrogen) atoms. The third-order valence-corrected chi connectivity index (χ3v) is 3.20. The smallest absolute Gasteiger partial charge is 0.165 e. The Morgan fingerprint density at radius 3 is 2.00 bits per heavy atom. The van der Waals surface area contributed by atoms with Gasteiger partial charge in [0.2, 0.25) is 0 Å². The van der Waals surface area contributed by atoms with E-state index in [1.807, 2.05) is 0 Å². The molecule has 0 aliphatic carbocycles. The van der Waals surface area contributed by atoms with Gasteiger partial charge in [0.1, 0.15) is 0 Å². The number of rotatable bonds is 5. The third-order valence-electron chi connectivity index (χ3n) is 3.20. The normalized spacial score (nSPS) is 12.2. The van der Waals surface area contributed by atoms with Crippen LogP contribution < -0.4 is 10.5 Å². The summed E-state index contributed by atoms with van der Waals surface area (Å²) in [7, 11) is 1.40. The molecule has 0 saturated heterocycles. The van der Waals surface area contributed by atoms with E-state index >= 15 is 0 Å². The second-order valence-corrected chi connectivity index (χ2v) is 4.89. The van der Waals surface area contributed by atoms with E-state index in [2.05, 4.69) is 0 Å². The highest BCUT2D eigenvalue weighted by molar-refractivity contribution is 5.30. The van der Waals surface area contributed by atoms with Gasteiger partial charge in [0.25, 0.3) is 0 Å². The van der Waals surface area contributed by atoms with Gasteiger partial charge < -0.3 is 10.5 Å². The van der Waals surface area contributed by atoms with Gasteiger partial charge in [0.05, 0.1) is 7.11 Å². The number of ether oxygens (including phenoxy) is 1. The zero-order valence-corrected chi connectivity index (χ0v) is 11.6. The van der Waals surface area contributed by atoms with E-state index in [0.717, 1.165) is 17.7 Å². The quantitative estimate of drug-likeness (QED) is 0.919. The first-order valence-electron chi connectivity index (χ1n) is 6.51. The third kappa shape index (κ3) is 3.98. The summed E-state index contributed by atoms with van der Waals surface area (Å²) >= 11 is 0. The fourth-order valence-corrected chi connectivity index (χ4v) is 2.18. The number of hydrogen-bond acceptors (Lipinski definition) is 2. The van der Waals surface area contributed by atoms with Gasteiger partial charge in [0, 0.05) is 6.04 Å². The lowest BCUT2D eigenvalue weighted by Gasteiger charge is -2.13. The Labute approximate surface area is 121 Å². The maximum atomic E-state index is 13.6. The van der Waals surface area contributed by atoms with Gasteiger partial charge in [-0.1, -0.05) is 12.1 Å². The second kappa shape index (κ2) is 6.63. The Hall–Kier alpha value is -2.01. The van der Waals surface area contributed by atoms with Crippen molar-refractivity contribution in [1.29, 1.82) is 0 Å². The van der Waals surface area contributed by atoms with E-state index < -0.39 is 17.5 Å². The standard InChI is InChI=1S/C16H16F3NO/c1-21-16-5-3-11(9-15(16)19)7-12(20)6-10-2-4-13(17)14(18)8-10/h2-5,8-9,12H,6-7,20H2,1H3. The molecule has 2 rings (SSSR count). The fourth-order valence-electron chi connectivity index (χ4n) is 2.18. The molecule has 0 saturated carbocycles. The van der Waals surface area contributed by atoms with Crippen LogP contribution in [0, 0.1) is 17.5 Å². The summed E-state index contributed by atoms with van der Waals surface area (Å²) in [6, 6.07) is 8.01. The fraction of sp³-hybridized carbons (Fsp3) is 0.250. The molecule has 0 amide bonds. The van der Waals surface area contributed by atoms with Crippen LogP contribution in [0.1, 0.15) is 11.1 Å². The highest BCUT2D eigenvalue weighted by Gasteiger charge is 2.10. The van der Waals surface area contributed by atoms with Crippen LogP contribution in [0.25, 0.3) is 0 Å². The molecule has 2 nitrogen and oxygen atoms in total. The molecule has 1 unspecified atom stereocenters. The van der Waals surface area contributed by atoms with Gasteiger partial charge in [-0.05, 0) is 48.2 Å². The molecule has 1 atom stereocenters. The SMILES string of the molecule is COc1ccc(CC(N)Cc2ccc(F)c(F)c2)cc1F. The molecule has 5 heteroatoms. The van der Waals surface area contributed by atoms with Crippen molar-refractivity contribution in [2.45, 2.75) is 18.9 Å². The summed E-state index contributed by atoms with van der Waals surface area (Å²) in [5.41, 5.74) is 7.31. The predicted molar refractivity (Wildman–Crippen MR) is 74.7 cm³/mol. The van der Waals surface area contributed by atoms with Crippen molar-refractivity contribution in [3.63, 3.8) is 0 Å². The van der Waals surface area contributed by atoms with Gasteiger partial charge in [0.15, 0.2) is 23.2 Å². The maximum Gasteiger partial charge on any atom is 0.165 e. The van der Waals surface area contributed by atoms with Crippen LogP contribution in [0.3, 0.4) is 0 Å². The zero-order chi connectivity index (χ0) is 15.4. The highest BCUT2D eigenvalue weighted by atomic mass is 19.2. The van der Waals surface area contributed by atoms with Crippen LogP contribution in [0.5, 0.6) is 5.75 Å². The minimum Gasteiger partial charge on any atom is -0.494 e. The lowest BCUT2D eigenvalue weighted by molar-refractivity contribution is 0.386. The first-order valence-corrected chi connectivity index (χ1v) is 6.51. The van der Waals surface area contributed by atoms with Crippen LogP contribution in [-0.2, 0) is 12.8 Å². The molecule has 0 aliphatic heterocycles. The van der Waals surface area contributed by atoms with E-state index in [1.54, 1.807) is 6.07 Å².